The third-order valence-electron chi connectivity index (χ3n) is 2.04. The Morgan fingerprint density at radius 2 is 2.14 bits per heavy atom. The van der Waals surface area contributed by atoms with Gasteiger partial charge in [-0.15, -0.1) is 0 Å². The topological polar surface area (TPSA) is 23.8 Å². The highest BCUT2D eigenvalue weighted by atomic mass is 19.3. The number of rotatable bonds is 3. The molecule has 0 radical (unpaired) electrons. The van der Waals surface area contributed by atoms with Crippen molar-refractivity contribution in [3.05, 3.63) is 34.9 Å². The molecule has 0 heterocycles. The van der Waals surface area contributed by atoms with Crippen LogP contribution < -0.4 is 0 Å². The maximum atomic E-state index is 12.5. The van der Waals surface area contributed by atoms with E-state index < -0.39 is 6.43 Å². The molecule has 3 heteroatoms. The van der Waals surface area contributed by atoms with E-state index in [1.807, 2.05) is 13.0 Å². The molecular formula is C11H11F2N. The van der Waals surface area contributed by atoms with E-state index in [9.17, 15) is 8.78 Å². The lowest BCUT2D eigenvalue weighted by Gasteiger charge is -2.07. The summed E-state index contributed by atoms with van der Waals surface area (Å²) in [6, 6.07) is 6.78. The third-order valence-corrected chi connectivity index (χ3v) is 2.04. The first kappa shape index (κ1) is 10.6. The first-order valence-electron chi connectivity index (χ1n) is 4.39. The Labute approximate surface area is 82.0 Å². The molecule has 0 fully saturated rings. The summed E-state index contributed by atoms with van der Waals surface area (Å²) in [5, 5.41) is 8.39. The zero-order valence-corrected chi connectivity index (χ0v) is 7.93. The summed E-state index contributed by atoms with van der Waals surface area (Å²) in [6.45, 7) is 1.85. The maximum absolute atomic E-state index is 12.5. The molecule has 0 amide bonds. The van der Waals surface area contributed by atoms with Crippen molar-refractivity contribution < 1.29 is 8.78 Å². The lowest BCUT2D eigenvalue weighted by atomic mass is 10.0. The summed E-state index contributed by atoms with van der Waals surface area (Å²) in [5.41, 5.74) is 1.58. The van der Waals surface area contributed by atoms with Crippen LogP contribution in [0, 0.1) is 18.3 Å². The van der Waals surface area contributed by atoms with E-state index in [1.165, 1.54) is 6.07 Å². The average Bonchev–Trinajstić information content (AvgIpc) is 2.14. The van der Waals surface area contributed by atoms with E-state index in [4.69, 9.17) is 5.26 Å². The minimum atomic E-state index is -2.45. The monoisotopic (exact) mass is 195 g/mol. The molecule has 1 aromatic rings. The van der Waals surface area contributed by atoms with Crippen molar-refractivity contribution in [1.82, 2.24) is 0 Å². The average molecular weight is 195 g/mol. The van der Waals surface area contributed by atoms with Crippen LogP contribution in [0.25, 0.3) is 0 Å². The normalized spacial score (nSPS) is 10.2. The van der Waals surface area contributed by atoms with Crippen molar-refractivity contribution in [3.8, 4) is 6.07 Å². The largest absolute Gasteiger partial charge is 0.264 e. The molecule has 0 spiro atoms. The van der Waals surface area contributed by atoms with Crippen LogP contribution in [-0.4, -0.2) is 0 Å². The first-order chi connectivity index (χ1) is 6.65. The van der Waals surface area contributed by atoms with Gasteiger partial charge in [0.2, 0.25) is 0 Å². The molecule has 0 bridgehead atoms. The van der Waals surface area contributed by atoms with E-state index in [0.717, 1.165) is 5.56 Å². The van der Waals surface area contributed by atoms with Gasteiger partial charge in [-0.1, -0.05) is 23.8 Å². The van der Waals surface area contributed by atoms with Crippen LogP contribution in [0.15, 0.2) is 18.2 Å². The van der Waals surface area contributed by atoms with Gasteiger partial charge in [0, 0.05) is 12.0 Å². The summed E-state index contributed by atoms with van der Waals surface area (Å²) in [4.78, 5) is 0. The Hall–Kier alpha value is -1.43. The fourth-order valence-corrected chi connectivity index (χ4v) is 1.35. The molecule has 14 heavy (non-hydrogen) atoms. The number of hydrogen-bond acceptors (Lipinski definition) is 1. The van der Waals surface area contributed by atoms with E-state index in [-0.39, 0.29) is 12.0 Å². The lowest BCUT2D eigenvalue weighted by molar-refractivity contribution is 0.150. The second-order valence-electron chi connectivity index (χ2n) is 3.16. The number of hydrogen-bond donors (Lipinski definition) is 0. The predicted octanol–water partition coefficient (Wildman–Crippen LogP) is 3.39. The first-order valence-corrected chi connectivity index (χ1v) is 4.39. The van der Waals surface area contributed by atoms with Crippen LogP contribution in [0.4, 0.5) is 8.78 Å². The van der Waals surface area contributed by atoms with Gasteiger partial charge in [-0.05, 0) is 18.9 Å². The Balaban J connectivity index is 2.98. The fourth-order valence-electron chi connectivity index (χ4n) is 1.35. The van der Waals surface area contributed by atoms with Crippen LogP contribution >= 0.6 is 0 Å². The number of nitrogens with zero attached hydrogens (tertiary/aromatic N) is 1. The van der Waals surface area contributed by atoms with E-state index >= 15 is 0 Å². The summed E-state index contributed by atoms with van der Waals surface area (Å²) >= 11 is 0. The minimum absolute atomic E-state index is 0.0471. The SMILES string of the molecule is Cc1ccc(C(F)F)c(CCC#N)c1. The Bertz CT molecular complexity index is 353. The van der Waals surface area contributed by atoms with Crippen LogP contribution in [0.2, 0.25) is 0 Å². The molecule has 0 N–H and O–H groups in total. The second-order valence-corrected chi connectivity index (χ2v) is 3.16. The minimum Gasteiger partial charge on any atom is -0.205 e. The number of aryl methyl sites for hydroxylation is 2. The van der Waals surface area contributed by atoms with Crippen LogP contribution in [0.3, 0.4) is 0 Å². The smallest absolute Gasteiger partial charge is 0.205 e. The molecule has 0 unspecified atom stereocenters. The van der Waals surface area contributed by atoms with Crippen molar-refractivity contribution in [2.45, 2.75) is 26.2 Å². The van der Waals surface area contributed by atoms with Crippen molar-refractivity contribution in [3.63, 3.8) is 0 Å². The second kappa shape index (κ2) is 4.71. The fraction of sp³-hybridized carbons (Fsp3) is 0.364. The van der Waals surface area contributed by atoms with Crippen molar-refractivity contribution in [2.24, 2.45) is 0 Å². The number of halogens is 2. The van der Waals surface area contributed by atoms with Crippen molar-refractivity contribution in [1.29, 1.82) is 5.26 Å². The molecule has 1 rings (SSSR count). The van der Waals surface area contributed by atoms with Crippen molar-refractivity contribution in [2.75, 3.05) is 0 Å². The lowest BCUT2D eigenvalue weighted by Crippen LogP contribution is -1.95. The highest BCUT2D eigenvalue weighted by Gasteiger charge is 2.12. The van der Waals surface area contributed by atoms with Crippen molar-refractivity contribution >= 4 is 0 Å². The third kappa shape index (κ3) is 2.53. The predicted molar refractivity (Wildman–Crippen MR) is 50.1 cm³/mol. The van der Waals surface area contributed by atoms with Crippen LogP contribution in [0.1, 0.15) is 29.5 Å². The number of alkyl halides is 2. The molecule has 0 aliphatic carbocycles. The van der Waals surface area contributed by atoms with E-state index in [1.54, 1.807) is 12.1 Å². The van der Waals surface area contributed by atoms with Gasteiger partial charge >= 0.3 is 0 Å². The molecule has 0 aliphatic heterocycles. The maximum Gasteiger partial charge on any atom is 0.264 e. The molecule has 0 atom stereocenters. The summed E-state index contributed by atoms with van der Waals surface area (Å²) in [6.07, 6.45) is -1.77. The Morgan fingerprint density at radius 1 is 1.43 bits per heavy atom. The summed E-state index contributed by atoms with van der Waals surface area (Å²) in [5.74, 6) is 0. The standard InChI is InChI=1S/C11H11F2N/c1-8-4-5-10(11(12)13)9(7-8)3-2-6-14/h4-5,7,11H,2-3H2,1H3. The van der Waals surface area contributed by atoms with E-state index in [2.05, 4.69) is 0 Å². The molecule has 1 nitrogen and oxygen atoms in total. The van der Waals surface area contributed by atoms with Gasteiger partial charge in [-0.25, -0.2) is 8.78 Å². The highest BCUT2D eigenvalue weighted by molar-refractivity contribution is 5.32. The zero-order chi connectivity index (χ0) is 10.6. The number of nitriles is 1. The molecule has 0 aliphatic rings. The highest BCUT2D eigenvalue weighted by Crippen LogP contribution is 2.24. The molecule has 0 saturated carbocycles. The number of benzene rings is 1. The van der Waals surface area contributed by atoms with Gasteiger partial charge in [0.05, 0.1) is 6.07 Å². The van der Waals surface area contributed by atoms with Gasteiger partial charge in [-0.3, -0.25) is 0 Å². The van der Waals surface area contributed by atoms with Crippen LogP contribution in [0.5, 0.6) is 0 Å². The zero-order valence-electron chi connectivity index (χ0n) is 7.93. The Kier molecular flexibility index (Phi) is 3.58. The summed E-state index contributed by atoms with van der Waals surface area (Å²) < 4.78 is 25.0. The van der Waals surface area contributed by atoms with Gasteiger partial charge in [0.1, 0.15) is 0 Å². The van der Waals surface area contributed by atoms with Crippen LogP contribution in [-0.2, 0) is 6.42 Å². The Morgan fingerprint density at radius 3 is 2.71 bits per heavy atom. The van der Waals surface area contributed by atoms with Gasteiger partial charge in [0.15, 0.2) is 0 Å². The molecular weight excluding hydrogens is 184 g/mol. The quantitative estimate of drug-likeness (QED) is 0.725. The summed E-state index contributed by atoms with van der Waals surface area (Å²) in [7, 11) is 0. The van der Waals surface area contributed by atoms with Gasteiger partial charge < -0.3 is 0 Å². The molecule has 74 valence electrons. The van der Waals surface area contributed by atoms with Gasteiger partial charge in [-0.2, -0.15) is 5.26 Å². The van der Waals surface area contributed by atoms with E-state index in [0.29, 0.717) is 12.0 Å². The molecule has 0 saturated heterocycles. The van der Waals surface area contributed by atoms with Gasteiger partial charge in [0.25, 0.3) is 6.43 Å². The molecule has 0 aromatic heterocycles. The molecule has 1 aromatic carbocycles.